The van der Waals surface area contributed by atoms with Gasteiger partial charge in [-0.15, -0.1) is 0 Å². The quantitative estimate of drug-likeness (QED) is 0.154. The predicted octanol–water partition coefficient (Wildman–Crippen LogP) is 6.91. The molecule has 1 fully saturated rings. The number of benzene rings is 2. The zero-order valence-corrected chi connectivity index (χ0v) is 32.0. The second-order valence-corrected chi connectivity index (χ2v) is 15.5. The predicted molar refractivity (Wildman–Crippen MR) is 203 cm³/mol. The summed E-state index contributed by atoms with van der Waals surface area (Å²) in [7, 11) is 3.83. The maximum atomic E-state index is 13.8. The molecule has 4 heterocycles. The van der Waals surface area contributed by atoms with E-state index in [0.29, 0.717) is 81.9 Å². The van der Waals surface area contributed by atoms with Gasteiger partial charge in [0, 0.05) is 49.8 Å². The van der Waals surface area contributed by atoms with Crippen LogP contribution in [-0.2, 0) is 49.1 Å². The first kappa shape index (κ1) is 37.3. The van der Waals surface area contributed by atoms with Gasteiger partial charge in [0.05, 0.1) is 46.9 Å². The fraction of sp³-hybridized carbons (Fsp3) is 0.475. The standard InChI is InChI=1S/C40H46Cl2N6O5/c1-4-45(2)23-35(50)48-21-31-34(22-48)53-39(44-31)29-10-6-9-28(37(29)42)27-8-5-7-26(36(27)41)19-33(49)38-43-30-20-47(18-16-32(30)46(38)3)17-15-24-11-13-25(14-12-24)40(51)52/h5-10,24-25H,4,11-23H2,1-3H3,(H,51,52). The van der Waals surface area contributed by atoms with Crippen LogP contribution in [-0.4, -0.2) is 85.2 Å². The molecule has 2 aromatic carbocycles. The van der Waals surface area contributed by atoms with E-state index in [9.17, 15) is 19.5 Å². The molecular formula is C40H46Cl2N6O5. The van der Waals surface area contributed by atoms with E-state index in [-0.39, 0.29) is 24.0 Å². The summed E-state index contributed by atoms with van der Waals surface area (Å²) in [5.74, 6) is 1.12. The Morgan fingerprint density at radius 2 is 1.66 bits per heavy atom. The van der Waals surface area contributed by atoms with Crippen LogP contribution in [0.3, 0.4) is 0 Å². The molecule has 4 aromatic rings. The molecule has 11 nitrogen and oxygen atoms in total. The first-order valence-corrected chi connectivity index (χ1v) is 19.3. The number of carbonyl (C=O) groups excluding carboxylic acids is 2. The zero-order chi connectivity index (χ0) is 37.4. The lowest BCUT2D eigenvalue weighted by Crippen LogP contribution is -2.35. The van der Waals surface area contributed by atoms with E-state index in [2.05, 4.69) is 4.90 Å². The largest absolute Gasteiger partial charge is 0.481 e. The second kappa shape index (κ2) is 15.8. The van der Waals surface area contributed by atoms with Crippen LogP contribution in [0.15, 0.2) is 40.8 Å². The summed E-state index contributed by atoms with van der Waals surface area (Å²) >= 11 is 14.0. The average Bonchev–Trinajstić information content (AvgIpc) is 3.84. The van der Waals surface area contributed by atoms with E-state index in [4.69, 9.17) is 37.6 Å². The molecule has 13 heteroatoms. The first-order valence-electron chi connectivity index (χ1n) is 18.5. The molecule has 0 unspecified atom stereocenters. The van der Waals surface area contributed by atoms with Crippen LogP contribution in [0.1, 0.15) is 78.1 Å². The van der Waals surface area contributed by atoms with Crippen molar-refractivity contribution in [2.24, 2.45) is 18.9 Å². The number of aliphatic carboxylic acids is 1. The minimum atomic E-state index is -0.664. The topological polar surface area (TPSA) is 125 Å². The summed E-state index contributed by atoms with van der Waals surface area (Å²) in [6, 6.07) is 11.2. The van der Waals surface area contributed by atoms with Crippen molar-refractivity contribution in [1.29, 1.82) is 0 Å². The number of Topliss-reactive ketones (excluding diaryl/α,β-unsaturated/α-hetero) is 1. The van der Waals surface area contributed by atoms with E-state index in [0.717, 1.165) is 75.2 Å². The van der Waals surface area contributed by atoms with Crippen molar-refractivity contribution in [2.45, 2.75) is 71.5 Å². The Bertz CT molecular complexity index is 2010. The number of hydrogen-bond acceptors (Lipinski definition) is 8. The molecule has 1 aliphatic carbocycles. The normalized spacial score (nSPS) is 18.7. The highest BCUT2D eigenvalue weighted by molar-refractivity contribution is 6.38. The molecule has 3 aliphatic rings. The molecule has 0 radical (unpaired) electrons. The molecule has 53 heavy (non-hydrogen) atoms. The highest BCUT2D eigenvalue weighted by Gasteiger charge is 2.31. The number of likely N-dealkylation sites (N-methyl/N-ethyl adjacent to an activating group) is 1. The van der Waals surface area contributed by atoms with Crippen molar-refractivity contribution >= 4 is 40.9 Å². The smallest absolute Gasteiger partial charge is 0.306 e. The molecule has 0 bridgehead atoms. The molecule has 280 valence electrons. The van der Waals surface area contributed by atoms with Gasteiger partial charge in [-0.3, -0.25) is 24.2 Å². The third-order valence-corrected chi connectivity index (χ3v) is 12.2. The number of aromatic nitrogens is 3. The number of hydrogen-bond donors (Lipinski definition) is 1. The van der Waals surface area contributed by atoms with Gasteiger partial charge in [-0.1, -0.05) is 60.5 Å². The van der Waals surface area contributed by atoms with Gasteiger partial charge < -0.3 is 19.0 Å². The van der Waals surface area contributed by atoms with Gasteiger partial charge in [-0.05, 0) is 69.8 Å². The van der Waals surface area contributed by atoms with Crippen molar-refractivity contribution < 1.29 is 23.9 Å². The second-order valence-electron chi connectivity index (χ2n) is 14.8. The number of halogens is 2. The van der Waals surface area contributed by atoms with Crippen molar-refractivity contribution in [3.63, 3.8) is 0 Å². The number of amides is 1. The molecule has 1 N–H and O–H groups in total. The zero-order valence-electron chi connectivity index (χ0n) is 30.5. The van der Waals surface area contributed by atoms with Crippen LogP contribution in [0, 0.1) is 11.8 Å². The lowest BCUT2D eigenvalue weighted by Gasteiger charge is -2.30. The summed E-state index contributed by atoms with van der Waals surface area (Å²) in [5, 5.41) is 10.2. The summed E-state index contributed by atoms with van der Waals surface area (Å²) < 4.78 is 8.08. The van der Waals surface area contributed by atoms with Gasteiger partial charge in [0.1, 0.15) is 11.5 Å². The average molecular weight is 762 g/mol. The number of oxazole rings is 1. The Morgan fingerprint density at radius 3 is 2.38 bits per heavy atom. The van der Waals surface area contributed by atoms with Gasteiger partial charge in [-0.25, -0.2) is 9.97 Å². The first-order chi connectivity index (χ1) is 25.5. The van der Waals surface area contributed by atoms with Crippen molar-refractivity contribution in [3.05, 3.63) is 80.7 Å². The van der Waals surface area contributed by atoms with Gasteiger partial charge in [-0.2, -0.15) is 0 Å². The fourth-order valence-electron chi connectivity index (χ4n) is 7.94. The lowest BCUT2D eigenvalue weighted by molar-refractivity contribution is -0.143. The number of ketones is 1. The van der Waals surface area contributed by atoms with Gasteiger partial charge in [0.15, 0.2) is 5.82 Å². The Morgan fingerprint density at radius 1 is 0.943 bits per heavy atom. The number of rotatable bonds is 12. The fourth-order valence-corrected chi connectivity index (χ4v) is 8.55. The maximum absolute atomic E-state index is 13.8. The molecule has 1 amide bonds. The molecular weight excluding hydrogens is 715 g/mol. The number of fused-ring (bicyclic) bond motifs is 2. The molecule has 7 rings (SSSR count). The summed E-state index contributed by atoms with van der Waals surface area (Å²) in [5.41, 5.74) is 5.47. The van der Waals surface area contributed by atoms with Crippen LogP contribution >= 0.6 is 23.2 Å². The highest BCUT2D eigenvalue weighted by Crippen LogP contribution is 2.41. The van der Waals surface area contributed by atoms with Crippen LogP contribution in [0.25, 0.3) is 22.6 Å². The van der Waals surface area contributed by atoms with Crippen molar-refractivity contribution in [3.8, 4) is 22.6 Å². The van der Waals surface area contributed by atoms with Crippen LogP contribution in [0.5, 0.6) is 0 Å². The van der Waals surface area contributed by atoms with Crippen LogP contribution in [0.4, 0.5) is 0 Å². The van der Waals surface area contributed by atoms with Gasteiger partial charge >= 0.3 is 5.97 Å². The molecule has 0 spiro atoms. The van der Waals surface area contributed by atoms with Crippen LogP contribution < -0.4 is 0 Å². The molecule has 0 saturated heterocycles. The molecule has 2 aliphatic heterocycles. The third kappa shape index (κ3) is 7.80. The van der Waals surface area contributed by atoms with Crippen LogP contribution in [0.2, 0.25) is 10.0 Å². The minimum Gasteiger partial charge on any atom is -0.481 e. The lowest BCUT2D eigenvalue weighted by atomic mass is 9.80. The Balaban J connectivity index is 1.01. The van der Waals surface area contributed by atoms with Crippen molar-refractivity contribution in [1.82, 2.24) is 29.2 Å². The number of carboxylic acids is 1. The minimum absolute atomic E-state index is 0.0345. The number of nitrogens with zero attached hydrogens (tertiary/aromatic N) is 6. The SMILES string of the molecule is CCN(C)CC(=O)N1Cc2nc(-c3cccc(-c4cccc(CC(=O)c5nc6c(n5C)CCN(CCC5CCC(C(=O)O)CC5)C6)c4Cl)c3Cl)oc2C1. The van der Waals surface area contributed by atoms with E-state index < -0.39 is 5.97 Å². The monoisotopic (exact) mass is 760 g/mol. The summed E-state index contributed by atoms with van der Waals surface area (Å²) in [6.07, 6.45) is 5.46. The van der Waals surface area contributed by atoms with E-state index >= 15 is 0 Å². The van der Waals surface area contributed by atoms with Gasteiger partial charge in [0.2, 0.25) is 17.6 Å². The Kier molecular flexibility index (Phi) is 11.1. The Hall–Kier alpha value is -4.03. The summed E-state index contributed by atoms with van der Waals surface area (Å²) in [6.45, 7) is 6.46. The molecule has 2 aromatic heterocycles. The van der Waals surface area contributed by atoms with E-state index in [1.165, 1.54) is 0 Å². The summed E-state index contributed by atoms with van der Waals surface area (Å²) in [4.78, 5) is 53.5. The maximum Gasteiger partial charge on any atom is 0.306 e. The number of imidazole rings is 1. The molecule has 0 atom stereocenters. The Labute approximate surface area is 319 Å². The van der Waals surface area contributed by atoms with Crippen molar-refractivity contribution in [2.75, 3.05) is 33.2 Å². The molecule has 1 saturated carbocycles. The highest BCUT2D eigenvalue weighted by atomic mass is 35.5. The third-order valence-electron chi connectivity index (χ3n) is 11.3. The number of carbonyl (C=O) groups is 3. The van der Waals surface area contributed by atoms with E-state index in [1.807, 2.05) is 66.9 Å². The van der Waals surface area contributed by atoms with E-state index in [1.54, 1.807) is 4.90 Å². The van der Waals surface area contributed by atoms with Gasteiger partial charge in [0.25, 0.3) is 0 Å². The number of carboxylic acid groups (broad SMARTS) is 1.